The van der Waals surface area contributed by atoms with Gasteiger partial charge in [0.25, 0.3) is 0 Å². The number of benzene rings is 1. The van der Waals surface area contributed by atoms with Crippen molar-refractivity contribution in [2.45, 2.75) is 12.8 Å². The topological polar surface area (TPSA) is 43.4 Å². The minimum atomic E-state index is -0.617. The Morgan fingerprint density at radius 2 is 1.87 bits per heavy atom. The van der Waals surface area contributed by atoms with Crippen LogP contribution < -0.4 is 4.74 Å². The van der Waals surface area contributed by atoms with Gasteiger partial charge in [0.1, 0.15) is 11.5 Å². The van der Waals surface area contributed by atoms with E-state index in [-0.39, 0.29) is 18.6 Å². The molecule has 0 atom stereocenters. The summed E-state index contributed by atoms with van der Waals surface area (Å²) in [5, 5.41) is -0.617. The van der Waals surface area contributed by atoms with Crippen molar-refractivity contribution < 1.29 is 14.3 Å². The summed E-state index contributed by atoms with van der Waals surface area (Å²) in [6.07, 6.45) is 0.00996. The van der Waals surface area contributed by atoms with Crippen LogP contribution in [0.15, 0.2) is 24.3 Å². The van der Waals surface area contributed by atoms with Gasteiger partial charge in [0.15, 0.2) is 0 Å². The molecular formula is C11H11ClO3. The van der Waals surface area contributed by atoms with Crippen molar-refractivity contribution >= 4 is 22.6 Å². The van der Waals surface area contributed by atoms with E-state index < -0.39 is 5.24 Å². The molecule has 80 valence electrons. The van der Waals surface area contributed by atoms with Crippen LogP contribution in [0, 0.1) is 0 Å². The van der Waals surface area contributed by atoms with Crippen molar-refractivity contribution in [3.63, 3.8) is 0 Å². The lowest BCUT2D eigenvalue weighted by Crippen LogP contribution is -2.06. The summed E-state index contributed by atoms with van der Waals surface area (Å²) in [6, 6.07) is 7.11. The van der Waals surface area contributed by atoms with Crippen LogP contribution >= 0.6 is 11.6 Å². The Kier molecular flexibility index (Phi) is 4.31. The Hall–Kier alpha value is -1.35. The van der Waals surface area contributed by atoms with Crippen LogP contribution in [-0.2, 0) is 16.0 Å². The van der Waals surface area contributed by atoms with Gasteiger partial charge in [-0.3, -0.25) is 9.59 Å². The van der Waals surface area contributed by atoms with E-state index in [0.717, 1.165) is 11.3 Å². The lowest BCUT2D eigenvalue weighted by molar-refractivity contribution is -0.123. The predicted octanol–water partition coefficient (Wildman–Crippen LogP) is 1.96. The maximum Gasteiger partial charge on any atom is 0.229 e. The lowest BCUT2D eigenvalue weighted by atomic mass is 10.1. The fourth-order valence-corrected chi connectivity index (χ4v) is 1.34. The minimum absolute atomic E-state index is 0.180. The van der Waals surface area contributed by atoms with Gasteiger partial charge in [0, 0.05) is 6.42 Å². The summed E-state index contributed by atoms with van der Waals surface area (Å²) in [5.74, 6) is 0.555. The van der Waals surface area contributed by atoms with Gasteiger partial charge in [-0.1, -0.05) is 12.1 Å². The molecule has 0 bridgehead atoms. The molecule has 0 amide bonds. The maximum absolute atomic E-state index is 11.2. The average molecular weight is 227 g/mol. The third-order valence-electron chi connectivity index (χ3n) is 1.90. The summed E-state index contributed by atoms with van der Waals surface area (Å²) in [5.41, 5.74) is 0.846. The van der Waals surface area contributed by atoms with Crippen molar-refractivity contribution in [1.29, 1.82) is 0 Å². The van der Waals surface area contributed by atoms with E-state index >= 15 is 0 Å². The number of ether oxygens (including phenoxy) is 1. The Morgan fingerprint density at radius 3 is 2.33 bits per heavy atom. The second kappa shape index (κ2) is 5.51. The Labute approximate surface area is 93.0 Å². The normalized spacial score (nSPS) is 9.73. The maximum atomic E-state index is 11.2. The molecule has 0 heterocycles. The van der Waals surface area contributed by atoms with Crippen molar-refractivity contribution in [3.05, 3.63) is 29.8 Å². The number of ketones is 1. The molecule has 1 aromatic carbocycles. The van der Waals surface area contributed by atoms with Crippen LogP contribution in [-0.4, -0.2) is 18.1 Å². The third kappa shape index (κ3) is 4.13. The zero-order chi connectivity index (χ0) is 11.3. The van der Waals surface area contributed by atoms with E-state index in [9.17, 15) is 9.59 Å². The van der Waals surface area contributed by atoms with E-state index in [0.29, 0.717) is 0 Å². The second-order valence-corrected chi connectivity index (χ2v) is 3.52. The van der Waals surface area contributed by atoms with E-state index in [4.69, 9.17) is 16.3 Å². The summed E-state index contributed by atoms with van der Waals surface area (Å²) >= 11 is 5.11. The average Bonchev–Trinajstić information content (AvgIpc) is 2.17. The number of hydrogen-bond donors (Lipinski definition) is 0. The summed E-state index contributed by atoms with van der Waals surface area (Å²) in [7, 11) is 1.58. The summed E-state index contributed by atoms with van der Waals surface area (Å²) < 4.78 is 4.98. The smallest absolute Gasteiger partial charge is 0.229 e. The van der Waals surface area contributed by atoms with Gasteiger partial charge in [0.2, 0.25) is 5.24 Å². The van der Waals surface area contributed by atoms with Crippen LogP contribution in [0.2, 0.25) is 0 Å². The molecule has 0 aromatic heterocycles. The number of halogens is 1. The highest BCUT2D eigenvalue weighted by Gasteiger charge is 2.07. The van der Waals surface area contributed by atoms with Gasteiger partial charge in [-0.2, -0.15) is 0 Å². The minimum Gasteiger partial charge on any atom is -0.497 e. The van der Waals surface area contributed by atoms with Gasteiger partial charge in [-0.25, -0.2) is 0 Å². The molecule has 0 aliphatic rings. The van der Waals surface area contributed by atoms with Crippen LogP contribution in [0.1, 0.15) is 12.0 Å². The Morgan fingerprint density at radius 1 is 1.27 bits per heavy atom. The number of carbonyl (C=O) groups is 2. The monoisotopic (exact) mass is 226 g/mol. The molecule has 0 spiro atoms. The number of Topliss-reactive ketones (excluding diaryl/α,β-unsaturated/α-hetero) is 1. The fourth-order valence-electron chi connectivity index (χ4n) is 1.19. The first-order valence-electron chi connectivity index (χ1n) is 4.45. The van der Waals surface area contributed by atoms with Gasteiger partial charge < -0.3 is 4.74 Å². The van der Waals surface area contributed by atoms with E-state index in [1.54, 1.807) is 31.4 Å². The van der Waals surface area contributed by atoms with Crippen molar-refractivity contribution in [3.8, 4) is 5.75 Å². The molecule has 0 unspecified atom stereocenters. The fraction of sp³-hybridized carbons (Fsp3) is 0.273. The number of hydrogen-bond acceptors (Lipinski definition) is 3. The van der Waals surface area contributed by atoms with E-state index in [1.165, 1.54) is 0 Å². The van der Waals surface area contributed by atoms with E-state index in [1.807, 2.05) is 0 Å². The van der Waals surface area contributed by atoms with Gasteiger partial charge >= 0.3 is 0 Å². The lowest BCUT2D eigenvalue weighted by Gasteiger charge is -2.01. The summed E-state index contributed by atoms with van der Waals surface area (Å²) in [6.45, 7) is 0. The highest BCUT2D eigenvalue weighted by atomic mass is 35.5. The molecular weight excluding hydrogens is 216 g/mol. The van der Waals surface area contributed by atoms with Gasteiger partial charge in [-0.15, -0.1) is 0 Å². The molecule has 1 aromatic rings. The largest absolute Gasteiger partial charge is 0.497 e. The van der Waals surface area contributed by atoms with Crippen LogP contribution in [0.3, 0.4) is 0 Å². The molecule has 0 N–H and O–H groups in total. The van der Waals surface area contributed by atoms with Crippen molar-refractivity contribution in [2.24, 2.45) is 0 Å². The second-order valence-electron chi connectivity index (χ2n) is 3.10. The molecule has 1 rings (SSSR count). The zero-order valence-electron chi connectivity index (χ0n) is 8.33. The first-order chi connectivity index (χ1) is 7.11. The molecule has 3 nitrogen and oxygen atoms in total. The van der Waals surface area contributed by atoms with Gasteiger partial charge in [-0.05, 0) is 29.3 Å². The first-order valence-corrected chi connectivity index (χ1v) is 4.82. The molecule has 0 aliphatic carbocycles. The van der Waals surface area contributed by atoms with Crippen molar-refractivity contribution in [1.82, 2.24) is 0 Å². The van der Waals surface area contributed by atoms with Gasteiger partial charge in [0.05, 0.1) is 13.5 Å². The molecule has 15 heavy (non-hydrogen) atoms. The molecule has 0 fully saturated rings. The zero-order valence-corrected chi connectivity index (χ0v) is 9.08. The Balaban J connectivity index is 2.57. The SMILES string of the molecule is COc1ccc(CC(=O)CC(=O)Cl)cc1. The van der Waals surface area contributed by atoms with Crippen molar-refractivity contribution in [2.75, 3.05) is 7.11 Å². The predicted molar refractivity (Wildman–Crippen MR) is 57.2 cm³/mol. The summed E-state index contributed by atoms with van der Waals surface area (Å²) in [4.78, 5) is 21.7. The highest BCUT2D eigenvalue weighted by Crippen LogP contribution is 2.12. The number of methoxy groups -OCH3 is 1. The molecule has 0 radical (unpaired) electrons. The highest BCUT2D eigenvalue weighted by molar-refractivity contribution is 6.64. The number of rotatable bonds is 5. The van der Waals surface area contributed by atoms with Crippen LogP contribution in [0.5, 0.6) is 5.75 Å². The molecule has 0 saturated carbocycles. The Bertz CT molecular complexity index is 357. The van der Waals surface area contributed by atoms with E-state index in [2.05, 4.69) is 0 Å². The quantitative estimate of drug-likeness (QED) is 0.570. The first kappa shape index (κ1) is 11.7. The number of carbonyl (C=O) groups excluding carboxylic acids is 2. The standard InChI is InChI=1S/C11H11ClO3/c1-15-10-4-2-8(3-5-10)6-9(13)7-11(12)14/h2-5H,6-7H2,1H3. The third-order valence-corrected chi connectivity index (χ3v) is 2.03. The van der Waals surface area contributed by atoms with Crippen LogP contribution in [0.25, 0.3) is 0 Å². The molecule has 0 aliphatic heterocycles. The molecule has 4 heteroatoms. The van der Waals surface area contributed by atoms with Crippen LogP contribution in [0.4, 0.5) is 0 Å². The molecule has 0 saturated heterocycles.